The number of hydrogen-bond acceptors (Lipinski definition) is 7. The van der Waals surface area contributed by atoms with Crippen LogP contribution in [0.5, 0.6) is 0 Å². The molecule has 0 bridgehead atoms. The summed E-state index contributed by atoms with van der Waals surface area (Å²) >= 11 is 1.56. The zero-order valence-corrected chi connectivity index (χ0v) is 12.8. The van der Waals surface area contributed by atoms with E-state index in [0.29, 0.717) is 12.4 Å². The van der Waals surface area contributed by atoms with E-state index in [1.54, 1.807) is 23.0 Å². The van der Waals surface area contributed by atoms with Crippen LogP contribution in [0, 0.1) is 0 Å². The number of anilines is 2. The highest BCUT2D eigenvalue weighted by atomic mass is 32.1. The number of thiazole rings is 1. The van der Waals surface area contributed by atoms with Crippen LogP contribution in [0.3, 0.4) is 0 Å². The highest BCUT2D eigenvalue weighted by Gasteiger charge is 2.09. The Balaban J connectivity index is 1.73. The van der Waals surface area contributed by atoms with E-state index in [1.807, 2.05) is 29.6 Å². The predicted octanol–water partition coefficient (Wildman–Crippen LogP) is 2.67. The standard InChI is InChI=1S/C15H13N7S/c16-15-20-13-5-9(12-3-4-19-22-12)1-2-11(13)14(21-15)17-6-10-7-23-8-18-10/h1-5,7-8H,6H2,(H,19,22)(H3,16,17,20,21). The van der Waals surface area contributed by atoms with E-state index in [1.165, 1.54) is 0 Å². The first kappa shape index (κ1) is 13.6. The Morgan fingerprint density at radius 3 is 2.96 bits per heavy atom. The molecule has 0 aliphatic heterocycles. The summed E-state index contributed by atoms with van der Waals surface area (Å²) in [6.45, 7) is 0.595. The first-order chi connectivity index (χ1) is 11.3. The van der Waals surface area contributed by atoms with E-state index < -0.39 is 0 Å². The summed E-state index contributed by atoms with van der Waals surface area (Å²) in [5.41, 5.74) is 11.3. The summed E-state index contributed by atoms with van der Waals surface area (Å²) in [5.74, 6) is 0.941. The number of nitrogens with two attached hydrogens (primary N) is 1. The third-order valence-corrected chi connectivity index (χ3v) is 4.08. The third kappa shape index (κ3) is 2.71. The zero-order chi connectivity index (χ0) is 15.6. The van der Waals surface area contributed by atoms with Crippen LogP contribution in [0.15, 0.2) is 41.4 Å². The second kappa shape index (κ2) is 5.65. The number of rotatable bonds is 4. The molecule has 0 saturated carbocycles. The summed E-state index contributed by atoms with van der Waals surface area (Å²) in [7, 11) is 0. The van der Waals surface area contributed by atoms with Crippen LogP contribution in [-0.4, -0.2) is 25.1 Å². The summed E-state index contributed by atoms with van der Waals surface area (Å²) in [6.07, 6.45) is 1.72. The molecule has 0 atom stereocenters. The van der Waals surface area contributed by atoms with Crippen molar-refractivity contribution in [3.8, 4) is 11.3 Å². The number of nitrogens with zero attached hydrogens (tertiary/aromatic N) is 4. The van der Waals surface area contributed by atoms with Crippen molar-refractivity contribution in [3.05, 3.63) is 47.0 Å². The lowest BCUT2D eigenvalue weighted by molar-refractivity contribution is 1.05. The first-order valence-corrected chi connectivity index (χ1v) is 7.92. The van der Waals surface area contributed by atoms with E-state index in [2.05, 4.69) is 30.5 Å². The molecule has 4 aromatic rings. The second-order valence-corrected chi connectivity index (χ2v) is 5.68. The lowest BCUT2D eigenvalue weighted by atomic mass is 10.1. The molecule has 3 aromatic heterocycles. The topological polar surface area (TPSA) is 105 Å². The minimum absolute atomic E-state index is 0.236. The highest BCUT2D eigenvalue weighted by molar-refractivity contribution is 7.07. The number of aromatic amines is 1. The van der Waals surface area contributed by atoms with Crippen molar-refractivity contribution in [2.45, 2.75) is 6.54 Å². The Morgan fingerprint density at radius 2 is 2.17 bits per heavy atom. The lowest BCUT2D eigenvalue weighted by Crippen LogP contribution is -2.05. The molecule has 114 valence electrons. The SMILES string of the molecule is Nc1nc(NCc2cscn2)c2ccc(-c3ccn[nH]3)cc2n1. The Morgan fingerprint density at radius 1 is 1.22 bits per heavy atom. The monoisotopic (exact) mass is 323 g/mol. The molecule has 4 rings (SSSR count). The summed E-state index contributed by atoms with van der Waals surface area (Å²) < 4.78 is 0. The van der Waals surface area contributed by atoms with Gasteiger partial charge in [0.05, 0.1) is 29.0 Å². The van der Waals surface area contributed by atoms with Gasteiger partial charge in [-0.3, -0.25) is 5.10 Å². The van der Waals surface area contributed by atoms with E-state index in [0.717, 1.165) is 27.9 Å². The summed E-state index contributed by atoms with van der Waals surface area (Å²) in [5, 5.41) is 13.1. The van der Waals surface area contributed by atoms with Crippen molar-refractivity contribution in [1.82, 2.24) is 25.1 Å². The number of fused-ring (bicyclic) bond motifs is 1. The average molecular weight is 323 g/mol. The number of benzene rings is 1. The normalized spacial score (nSPS) is 11.0. The van der Waals surface area contributed by atoms with Crippen molar-refractivity contribution in [2.75, 3.05) is 11.1 Å². The van der Waals surface area contributed by atoms with Crippen molar-refractivity contribution < 1.29 is 0 Å². The van der Waals surface area contributed by atoms with Crippen LogP contribution in [0.4, 0.5) is 11.8 Å². The smallest absolute Gasteiger partial charge is 0.222 e. The molecule has 0 spiro atoms. The Bertz CT molecular complexity index is 932. The number of nitrogen functional groups attached to an aromatic ring is 1. The Labute approximate surface area is 135 Å². The van der Waals surface area contributed by atoms with Crippen LogP contribution < -0.4 is 11.1 Å². The molecule has 0 unspecified atom stereocenters. The first-order valence-electron chi connectivity index (χ1n) is 6.97. The van der Waals surface area contributed by atoms with Crippen molar-refractivity contribution >= 4 is 34.0 Å². The maximum Gasteiger partial charge on any atom is 0.222 e. The minimum atomic E-state index is 0.236. The lowest BCUT2D eigenvalue weighted by Gasteiger charge is -2.09. The van der Waals surface area contributed by atoms with Crippen LogP contribution in [0.1, 0.15) is 5.69 Å². The van der Waals surface area contributed by atoms with Gasteiger partial charge in [-0.15, -0.1) is 11.3 Å². The van der Waals surface area contributed by atoms with E-state index >= 15 is 0 Å². The summed E-state index contributed by atoms with van der Waals surface area (Å²) in [6, 6.07) is 7.86. The van der Waals surface area contributed by atoms with Crippen LogP contribution in [-0.2, 0) is 6.54 Å². The van der Waals surface area contributed by atoms with Crippen LogP contribution in [0.2, 0.25) is 0 Å². The second-order valence-electron chi connectivity index (χ2n) is 4.97. The van der Waals surface area contributed by atoms with Crippen LogP contribution in [0.25, 0.3) is 22.2 Å². The molecule has 0 aliphatic carbocycles. The van der Waals surface area contributed by atoms with Crippen LogP contribution >= 0.6 is 11.3 Å². The summed E-state index contributed by atoms with van der Waals surface area (Å²) in [4.78, 5) is 12.9. The van der Waals surface area contributed by atoms with Gasteiger partial charge in [-0.05, 0) is 18.2 Å². The van der Waals surface area contributed by atoms with Gasteiger partial charge in [-0.1, -0.05) is 6.07 Å². The largest absolute Gasteiger partial charge is 0.368 e. The number of nitrogens with one attached hydrogen (secondary N) is 2. The molecule has 0 aliphatic rings. The van der Waals surface area contributed by atoms with E-state index in [4.69, 9.17) is 5.73 Å². The molecular formula is C15H13N7S. The zero-order valence-electron chi connectivity index (χ0n) is 12.0. The highest BCUT2D eigenvalue weighted by Crippen LogP contribution is 2.26. The fourth-order valence-electron chi connectivity index (χ4n) is 2.37. The average Bonchev–Trinajstić information content (AvgIpc) is 3.25. The van der Waals surface area contributed by atoms with E-state index in [-0.39, 0.29) is 5.95 Å². The molecule has 7 nitrogen and oxygen atoms in total. The van der Waals surface area contributed by atoms with Gasteiger partial charge in [-0.25, -0.2) is 9.97 Å². The van der Waals surface area contributed by atoms with Gasteiger partial charge in [0, 0.05) is 22.5 Å². The number of hydrogen-bond donors (Lipinski definition) is 3. The fraction of sp³-hybridized carbons (Fsp3) is 0.0667. The van der Waals surface area contributed by atoms with Gasteiger partial charge in [0.2, 0.25) is 5.95 Å². The molecular weight excluding hydrogens is 310 g/mol. The van der Waals surface area contributed by atoms with Gasteiger partial charge >= 0.3 is 0 Å². The van der Waals surface area contributed by atoms with Gasteiger partial charge < -0.3 is 11.1 Å². The molecule has 0 saturated heterocycles. The molecule has 0 radical (unpaired) electrons. The fourth-order valence-corrected chi connectivity index (χ4v) is 2.92. The molecule has 23 heavy (non-hydrogen) atoms. The molecule has 1 aromatic carbocycles. The Kier molecular flexibility index (Phi) is 3.35. The number of H-pyrrole nitrogens is 1. The molecule has 3 heterocycles. The molecule has 4 N–H and O–H groups in total. The van der Waals surface area contributed by atoms with E-state index in [9.17, 15) is 0 Å². The maximum absolute atomic E-state index is 5.85. The molecule has 8 heteroatoms. The predicted molar refractivity (Wildman–Crippen MR) is 91.0 cm³/mol. The van der Waals surface area contributed by atoms with Gasteiger partial charge in [-0.2, -0.15) is 10.1 Å². The van der Waals surface area contributed by atoms with Gasteiger partial charge in [0.25, 0.3) is 0 Å². The molecule has 0 amide bonds. The van der Waals surface area contributed by atoms with Gasteiger partial charge in [0.15, 0.2) is 0 Å². The minimum Gasteiger partial charge on any atom is -0.368 e. The number of aromatic nitrogens is 5. The molecule has 0 fully saturated rings. The Hall–Kier alpha value is -3.00. The van der Waals surface area contributed by atoms with Crippen molar-refractivity contribution in [2.24, 2.45) is 0 Å². The quantitative estimate of drug-likeness (QED) is 0.533. The third-order valence-electron chi connectivity index (χ3n) is 3.45. The van der Waals surface area contributed by atoms with Crippen molar-refractivity contribution in [3.63, 3.8) is 0 Å². The maximum atomic E-state index is 5.85. The van der Waals surface area contributed by atoms with Gasteiger partial charge in [0.1, 0.15) is 5.82 Å². The van der Waals surface area contributed by atoms with Crippen molar-refractivity contribution in [1.29, 1.82) is 0 Å².